The van der Waals surface area contributed by atoms with Crippen LogP contribution in [0.1, 0.15) is 45.8 Å². The van der Waals surface area contributed by atoms with Crippen molar-refractivity contribution in [3.63, 3.8) is 0 Å². The van der Waals surface area contributed by atoms with Crippen LogP contribution in [0.3, 0.4) is 0 Å². The Morgan fingerprint density at radius 2 is 1.95 bits per heavy atom. The molecule has 1 aromatic carbocycles. The quantitative estimate of drug-likeness (QED) is 0.326. The number of ether oxygens (including phenoxy) is 1. The maximum Gasteiger partial charge on any atom is 0.416 e. The minimum atomic E-state index is -4.61. The van der Waals surface area contributed by atoms with Crippen molar-refractivity contribution in [2.24, 2.45) is 0 Å². The van der Waals surface area contributed by atoms with Crippen molar-refractivity contribution >= 4 is 50.8 Å². The molecule has 2 N–H and O–H groups in total. The summed E-state index contributed by atoms with van der Waals surface area (Å²) in [7, 11) is 0. The number of rotatable bonds is 4. The Hall–Kier alpha value is -4.09. The summed E-state index contributed by atoms with van der Waals surface area (Å²) >= 11 is 9.19. The summed E-state index contributed by atoms with van der Waals surface area (Å²) in [6.07, 6.45) is -2.97. The summed E-state index contributed by atoms with van der Waals surface area (Å²) < 4.78 is 47.9. The molecular formula is C26H21BrClF3N8O5. The average molecular weight is 698 g/mol. The molecule has 5 heterocycles. The Balaban J connectivity index is 1.29. The molecule has 6 rings (SSSR count). The standard InChI is InChI=1S/C26H21BrClF3N8O5/c1-12-20(41)19(33-11-32-12)22(43)37-6-4-25(5-7-37)18-16(10-44-25)38(24-35-23(27)36-39(24)21(18)42)9-17(40)34-15-3-2-13(8-14(15)28)26(29,30)31/h2-3,8,11,41H,4-7,9-10H2,1H3,(H,34,40). The van der Waals surface area contributed by atoms with Gasteiger partial charge < -0.3 is 24.6 Å². The van der Waals surface area contributed by atoms with Gasteiger partial charge in [-0.15, -0.1) is 5.10 Å². The fourth-order valence-corrected chi connectivity index (χ4v) is 6.04. The van der Waals surface area contributed by atoms with Crippen molar-refractivity contribution in [3.05, 3.63) is 72.8 Å². The first-order chi connectivity index (χ1) is 20.8. The number of piperidine rings is 1. The SMILES string of the molecule is Cc1ncnc(C(=O)N2CCC3(CC2)OCc2c3c(=O)n3nc(Br)nc3n2CC(=O)Nc2ccc(C(F)(F)F)cc2Cl)c1O. The van der Waals surface area contributed by atoms with E-state index in [9.17, 15) is 32.7 Å². The molecule has 0 saturated carbocycles. The number of fused-ring (bicyclic) bond motifs is 3. The van der Waals surface area contributed by atoms with Gasteiger partial charge in [0.2, 0.25) is 16.4 Å². The van der Waals surface area contributed by atoms with Crippen molar-refractivity contribution in [3.8, 4) is 5.75 Å². The molecule has 0 radical (unpaired) electrons. The third-order valence-corrected chi connectivity index (χ3v) is 8.35. The van der Waals surface area contributed by atoms with Crippen LogP contribution < -0.4 is 10.9 Å². The van der Waals surface area contributed by atoms with Crippen LogP contribution in [0.4, 0.5) is 18.9 Å². The van der Waals surface area contributed by atoms with Gasteiger partial charge in [-0.3, -0.25) is 14.4 Å². The van der Waals surface area contributed by atoms with E-state index in [1.807, 2.05) is 0 Å². The number of alkyl halides is 3. The molecule has 0 bridgehead atoms. The van der Waals surface area contributed by atoms with Gasteiger partial charge in [0, 0.05) is 13.1 Å². The number of aryl methyl sites for hydroxylation is 1. The lowest BCUT2D eigenvalue weighted by Crippen LogP contribution is -2.47. The Morgan fingerprint density at radius 3 is 2.64 bits per heavy atom. The Kier molecular flexibility index (Phi) is 7.36. The van der Waals surface area contributed by atoms with E-state index in [-0.39, 0.29) is 76.5 Å². The van der Waals surface area contributed by atoms with Gasteiger partial charge in [-0.25, -0.2) is 9.97 Å². The lowest BCUT2D eigenvalue weighted by atomic mass is 9.85. The lowest BCUT2D eigenvalue weighted by Gasteiger charge is -2.38. The molecule has 4 aromatic rings. The molecular weight excluding hydrogens is 677 g/mol. The van der Waals surface area contributed by atoms with Crippen molar-refractivity contribution < 1.29 is 32.6 Å². The summed E-state index contributed by atoms with van der Waals surface area (Å²) in [4.78, 5) is 53.5. The average Bonchev–Trinajstić information content (AvgIpc) is 3.54. The second-order valence-corrected chi connectivity index (χ2v) is 11.4. The van der Waals surface area contributed by atoms with Crippen LogP contribution >= 0.6 is 27.5 Å². The predicted octanol–water partition coefficient (Wildman–Crippen LogP) is 3.43. The van der Waals surface area contributed by atoms with Crippen molar-refractivity contribution in [1.29, 1.82) is 0 Å². The highest BCUT2D eigenvalue weighted by Gasteiger charge is 2.48. The van der Waals surface area contributed by atoms with Crippen LogP contribution in [0.15, 0.2) is 34.1 Å². The first-order valence-corrected chi connectivity index (χ1v) is 14.2. The minimum Gasteiger partial charge on any atom is -0.504 e. The molecule has 2 aliphatic heterocycles. The number of nitrogens with zero attached hydrogens (tertiary/aromatic N) is 7. The number of benzene rings is 1. The molecule has 0 aliphatic carbocycles. The van der Waals surface area contributed by atoms with Crippen LogP contribution in [0.2, 0.25) is 5.02 Å². The lowest BCUT2D eigenvalue weighted by molar-refractivity contribution is -0.137. The van der Waals surface area contributed by atoms with Crippen molar-refractivity contribution in [2.75, 3.05) is 18.4 Å². The molecule has 1 saturated heterocycles. The third-order valence-electron chi connectivity index (χ3n) is 7.71. The van der Waals surface area contributed by atoms with Gasteiger partial charge in [0.05, 0.1) is 39.8 Å². The van der Waals surface area contributed by atoms with Gasteiger partial charge in [0.25, 0.3) is 11.5 Å². The number of hydrogen-bond acceptors (Lipinski definition) is 9. The molecule has 0 unspecified atom stereocenters. The topological polar surface area (TPSA) is 157 Å². The highest BCUT2D eigenvalue weighted by Crippen LogP contribution is 2.43. The molecule has 2 aliphatic rings. The van der Waals surface area contributed by atoms with Crippen molar-refractivity contribution in [2.45, 2.75) is 44.7 Å². The molecule has 18 heteroatoms. The van der Waals surface area contributed by atoms with Gasteiger partial charge >= 0.3 is 6.18 Å². The smallest absolute Gasteiger partial charge is 0.416 e. The van der Waals surface area contributed by atoms with Crippen LogP contribution in [-0.4, -0.2) is 64.0 Å². The zero-order chi connectivity index (χ0) is 31.6. The van der Waals surface area contributed by atoms with E-state index in [0.717, 1.165) is 16.6 Å². The Morgan fingerprint density at radius 1 is 1.23 bits per heavy atom. The highest BCUT2D eigenvalue weighted by molar-refractivity contribution is 9.10. The number of carbonyl (C=O) groups excluding carboxylic acids is 2. The number of carbonyl (C=O) groups is 2. The number of aromatic hydroxyl groups is 1. The number of amides is 2. The Bertz CT molecular complexity index is 1910. The van der Waals surface area contributed by atoms with E-state index in [1.54, 1.807) is 6.92 Å². The zero-order valence-corrected chi connectivity index (χ0v) is 25.0. The molecule has 230 valence electrons. The second kappa shape index (κ2) is 10.8. The van der Waals surface area contributed by atoms with Gasteiger partial charge in [0.1, 0.15) is 18.5 Å². The fraction of sp³-hybridized carbons (Fsp3) is 0.346. The van der Waals surface area contributed by atoms with E-state index in [0.29, 0.717) is 11.8 Å². The third kappa shape index (κ3) is 5.07. The summed E-state index contributed by atoms with van der Waals surface area (Å²) in [6.45, 7) is 1.44. The van der Waals surface area contributed by atoms with Crippen LogP contribution in [0, 0.1) is 6.92 Å². The minimum absolute atomic E-state index is 0.0318. The Labute approximate surface area is 258 Å². The van der Waals surface area contributed by atoms with E-state index in [1.165, 1.54) is 15.8 Å². The van der Waals surface area contributed by atoms with Crippen LogP contribution in [0.5, 0.6) is 5.75 Å². The number of aromatic nitrogens is 6. The zero-order valence-electron chi connectivity index (χ0n) is 22.7. The first kappa shape index (κ1) is 30.0. The van der Waals surface area contributed by atoms with Crippen LogP contribution in [-0.2, 0) is 34.5 Å². The number of hydrogen-bond donors (Lipinski definition) is 2. The summed E-state index contributed by atoms with van der Waals surface area (Å²) in [5.41, 5.74) is -1.83. The van der Waals surface area contributed by atoms with Crippen molar-refractivity contribution in [1.82, 2.24) is 34.0 Å². The molecule has 0 atom stereocenters. The van der Waals surface area contributed by atoms with Crippen LogP contribution in [0.25, 0.3) is 5.78 Å². The highest BCUT2D eigenvalue weighted by atomic mass is 79.9. The van der Waals surface area contributed by atoms with E-state index in [4.69, 9.17) is 16.3 Å². The summed E-state index contributed by atoms with van der Waals surface area (Å²) in [5.74, 6) is -1.41. The predicted molar refractivity (Wildman–Crippen MR) is 150 cm³/mol. The number of halogens is 5. The first-order valence-electron chi connectivity index (χ1n) is 13.1. The summed E-state index contributed by atoms with van der Waals surface area (Å²) in [5, 5.41) is 16.6. The van der Waals surface area contributed by atoms with E-state index >= 15 is 0 Å². The monoisotopic (exact) mass is 696 g/mol. The molecule has 2 amide bonds. The molecule has 1 fully saturated rings. The molecule has 3 aromatic heterocycles. The van der Waals surface area contributed by atoms with Gasteiger partial charge in [-0.2, -0.15) is 22.7 Å². The number of likely N-dealkylation sites (tertiary alicyclic amines) is 1. The van der Waals surface area contributed by atoms with Gasteiger partial charge in [-0.05, 0) is 53.9 Å². The van der Waals surface area contributed by atoms with E-state index in [2.05, 4.69) is 41.3 Å². The molecule has 44 heavy (non-hydrogen) atoms. The van der Waals surface area contributed by atoms with Gasteiger partial charge in [0.15, 0.2) is 11.4 Å². The second-order valence-electron chi connectivity index (χ2n) is 10.3. The largest absolute Gasteiger partial charge is 0.504 e. The normalized spacial score (nSPS) is 16.0. The van der Waals surface area contributed by atoms with E-state index < -0.39 is 41.3 Å². The summed E-state index contributed by atoms with van der Waals surface area (Å²) in [6, 6.07) is 2.57. The maximum atomic E-state index is 13.7. The molecule has 1 spiro atoms. The number of nitrogens with one attached hydrogen (secondary N) is 1. The maximum absolute atomic E-state index is 13.7. The fourth-order valence-electron chi connectivity index (χ4n) is 5.49. The number of anilines is 1. The molecule has 13 nitrogen and oxygen atoms in total. The van der Waals surface area contributed by atoms with Gasteiger partial charge in [-0.1, -0.05) is 11.6 Å².